The van der Waals surface area contributed by atoms with Gasteiger partial charge in [-0.15, -0.1) is 0 Å². The third kappa shape index (κ3) is 5.30. The molecule has 4 aliphatic heterocycles. The van der Waals surface area contributed by atoms with Gasteiger partial charge in [0.1, 0.15) is 17.4 Å². The molecule has 0 aromatic heterocycles. The minimum absolute atomic E-state index is 0.242. The normalized spacial score (nSPS) is 27.3. The number of ether oxygens (including phenoxy) is 2. The van der Waals surface area contributed by atoms with Crippen LogP contribution in [0.1, 0.15) is 44.9 Å². The smallest absolute Gasteiger partial charge is 0.243 e. The molecule has 0 radical (unpaired) electrons. The highest BCUT2D eigenvalue weighted by Gasteiger charge is 2.43. The van der Waals surface area contributed by atoms with Gasteiger partial charge in [-0.2, -0.15) is 4.31 Å². The number of hydrogen-bond acceptors (Lipinski definition) is 9. The zero-order valence-corrected chi connectivity index (χ0v) is 24.2. The number of hydrogen-bond donors (Lipinski definition) is 3. The average molecular weight is 571 g/mol. The number of amidine groups is 1. The van der Waals surface area contributed by atoms with E-state index in [2.05, 4.69) is 32.7 Å². The second-order valence-corrected chi connectivity index (χ2v) is 13.5. The molecule has 0 amide bonds. The monoisotopic (exact) mass is 570 g/mol. The first-order chi connectivity index (χ1) is 19.4. The van der Waals surface area contributed by atoms with Gasteiger partial charge >= 0.3 is 0 Å². The molecule has 4 N–H and O–H groups in total. The first kappa shape index (κ1) is 27.7. The maximum absolute atomic E-state index is 13.6. The summed E-state index contributed by atoms with van der Waals surface area (Å²) in [4.78, 5) is 7.32. The van der Waals surface area contributed by atoms with Crippen LogP contribution in [0.25, 0.3) is 0 Å². The van der Waals surface area contributed by atoms with Gasteiger partial charge in [0.2, 0.25) is 10.0 Å². The van der Waals surface area contributed by atoms with Gasteiger partial charge in [0.15, 0.2) is 0 Å². The molecular weight excluding hydrogens is 528 g/mol. The predicted molar refractivity (Wildman–Crippen MR) is 156 cm³/mol. The van der Waals surface area contributed by atoms with Crippen LogP contribution in [0.2, 0.25) is 0 Å². The Morgan fingerprint density at radius 3 is 2.58 bits per heavy atom. The Bertz CT molecular complexity index is 1290. The van der Waals surface area contributed by atoms with Gasteiger partial charge in [-0.1, -0.05) is 25.3 Å². The van der Waals surface area contributed by atoms with Gasteiger partial charge in [0.05, 0.1) is 43.0 Å². The number of anilines is 1. The van der Waals surface area contributed by atoms with Crippen molar-refractivity contribution in [3.63, 3.8) is 0 Å². The van der Waals surface area contributed by atoms with Crippen LogP contribution in [-0.2, 0) is 14.8 Å². The molecular formula is C29H42N6O4S. The second kappa shape index (κ2) is 11.4. The molecule has 1 aromatic carbocycles. The lowest BCUT2D eigenvalue weighted by Gasteiger charge is -2.42. The molecule has 1 saturated carbocycles. The van der Waals surface area contributed by atoms with Crippen molar-refractivity contribution in [1.29, 1.82) is 0 Å². The van der Waals surface area contributed by atoms with Crippen molar-refractivity contribution < 1.29 is 17.9 Å². The largest absolute Gasteiger partial charge is 0.495 e. The maximum Gasteiger partial charge on any atom is 0.243 e. The van der Waals surface area contributed by atoms with Crippen LogP contribution in [0, 0.1) is 5.92 Å². The molecule has 1 atom stereocenters. The topological polar surface area (TPSA) is 122 Å². The zero-order valence-electron chi connectivity index (χ0n) is 23.4. The molecule has 5 aliphatic rings. The van der Waals surface area contributed by atoms with E-state index < -0.39 is 15.6 Å². The summed E-state index contributed by atoms with van der Waals surface area (Å²) in [7, 11) is -2.08. The van der Waals surface area contributed by atoms with E-state index in [0.717, 1.165) is 69.2 Å². The van der Waals surface area contributed by atoms with Crippen molar-refractivity contribution in [2.45, 2.75) is 61.4 Å². The molecule has 40 heavy (non-hydrogen) atoms. The van der Waals surface area contributed by atoms with E-state index in [1.54, 1.807) is 29.6 Å². The Balaban J connectivity index is 1.19. The first-order valence-electron chi connectivity index (χ1n) is 14.7. The van der Waals surface area contributed by atoms with Crippen LogP contribution in [0.3, 0.4) is 0 Å². The third-order valence-corrected chi connectivity index (χ3v) is 11.1. The summed E-state index contributed by atoms with van der Waals surface area (Å²) in [5, 5.41) is 6.82. The lowest BCUT2D eigenvalue weighted by molar-refractivity contribution is 0.00610. The minimum Gasteiger partial charge on any atom is -0.495 e. The lowest BCUT2D eigenvalue weighted by atomic mass is 9.70. The number of nitrogens with zero attached hydrogens (tertiary/aromatic N) is 3. The fourth-order valence-corrected chi connectivity index (χ4v) is 8.47. The van der Waals surface area contributed by atoms with E-state index in [0.29, 0.717) is 43.0 Å². The Labute approximate surface area is 237 Å². The Morgan fingerprint density at radius 2 is 1.85 bits per heavy atom. The van der Waals surface area contributed by atoms with Crippen LogP contribution >= 0.6 is 0 Å². The molecule has 2 saturated heterocycles. The molecule has 11 heteroatoms. The highest BCUT2D eigenvalue weighted by atomic mass is 32.2. The van der Waals surface area contributed by atoms with Crippen molar-refractivity contribution >= 4 is 21.5 Å². The first-order valence-corrected chi connectivity index (χ1v) is 16.1. The SMILES string of the molecule is COc1cc(S(=O)(=O)N2CCC(N3CCOCC3)CC2)ccc1NC1=CC(N)(C2CCCCC2)C2=CCN=C2N1. The molecule has 1 aromatic rings. The highest BCUT2D eigenvalue weighted by molar-refractivity contribution is 7.89. The lowest BCUT2D eigenvalue weighted by Crippen LogP contribution is -2.55. The molecule has 1 aliphatic carbocycles. The number of nitrogens with one attached hydrogen (secondary N) is 2. The predicted octanol–water partition coefficient (Wildman–Crippen LogP) is 2.65. The van der Waals surface area contributed by atoms with Gasteiger partial charge in [0, 0.05) is 43.9 Å². The number of morpholine rings is 1. The molecule has 1 unspecified atom stereocenters. The standard InChI is InChI=1S/C29H42N6O4S/c1-38-26-19-23(40(36,37)35-13-10-22(11-14-35)34-15-17-39-18-16-34)7-8-25(26)32-27-20-29(30,21-5-3-2-4-6-21)24-9-12-31-28(24)33-27/h7-9,19-22,32H,2-6,10-18,30H2,1H3,(H,31,33). The molecule has 218 valence electrons. The molecule has 10 nitrogen and oxygen atoms in total. The van der Waals surface area contributed by atoms with E-state index in [-0.39, 0.29) is 4.90 Å². The summed E-state index contributed by atoms with van der Waals surface area (Å²) < 4.78 is 39.9. The summed E-state index contributed by atoms with van der Waals surface area (Å²) >= 11 is 0. The Morgan fingerprint density at radius 1 is 1.10 bits per heavy atom. The van der Waals surface area contributed by atoms with Crippen LogP contribution < -0.4 is 21.1 Å². The summed E-state index contributed by atoms with van der Waals surface area (Å²) in [6.45, 7) is 5.01. The van der Waals surface area contributed by atoms with Gasteiger partial charge in [0.25, 0.3) is 0 Å². The number of rotatable bonds is 7. The molecule has 0 bridgehead atoms. The highest BCUT2D eigenvalue weighted by Crippen LogP contribution is 2.40. The van der Waals surface area contributed by atoms with Crippen LogP contribution in [-0.4, -0.2) is 88.1 Å². The van der Waals surface area contributed by atoms with E-state index in [9.17, 15) is 8.42 Å². The van der Waals surface area contributed by atoms with Crippen molar-refractivity contribution in [3.8, 4) is 5.75 Å². The van der Waals surface area contributed by atoms with E-state index in [1.165, 1.54) is 19.3 Å². The van der Waals surface area contributed by atoms with Crippen molar-refractivity contribution in [3.05, 3.63) is 41.7 Å². The van der Waals surface area contributed by atoms with Gasteiger partial charge in [-0.05, 0) is 49.8 Å². The van der Waals surface area contributed by atoms with E-state index in [4.69, 9.17) is 15.2 Å². The van der Waals surface area contributed by atoms with Crippen LogP contribution in [0.4, 0.5) is 5.69 Å². The number of nitrogens with two attached hydrogens (primary N) is 1. The second-order valence-electron chi connectivity index (χ2n) is 11.5. The summed E-state index contributed by atoms with van der Waals surface area (Å²) in [5.74, 6) is 2.38. The van der Waals surface area contributed by atoms with E-state index >= 15 is 0 Å². The molecule has 4 heterocycles. The van der Waals surface area contributed by atoms with E-state index in [1.807, 2.05) is 0 Å². The van der Waals surface area contributed by atoms with Crippen LogP contribution in [0.5, 0.6) is 5.75 Å². The fraction of sp³-hybridized carbons (Fsp3) is 0.621. The Hall–Kier alpha value is -2.44. The third-order valence-electron chi connectivity index (χ3n) is 9.25. The number of sulfonamides is 1. The maximum atomic E-state index is 13.6. The van der Waals surface area contributed by atoms with Gasteiger partial charge in [-0.25, -0.2) is 8.42 Å². The quantitative estimate of drug-likeness (QED) is 0.458. The average Bonchev–Trinajstić information content (AvgIpc) is 3.48. The zero-order chi connectivity index (χ0) is 27.7. The number of methoxy groups -OCH3 is 1. The number of fused-ring (bicyclic) bond motifs is 1. The summed E-state index contributed by atoms with van der Waals surface area (Å²) in [6.07, 6.45) is 11.7. The van der Waals surface area contributed by atoms with Crippen molar-refractivity contribution in [2.24, 2.45) is 16.6 Å². The van der Waals surface area contributed by atoms with Crippen LogP contribution in [0.15, 0.2) is 51.6 Å². The van der Waals surface area contributed by atoms with Gasteiger partial charge in [-0.3, -0.25) is 9.89 Å². The van der Waals surface area contributed by atoms with Gasteiger partial charge < -0.3 is 25.8 Å². The minimum atomic E-state index is -3.64. The number of benzene rings is 1. The van der Waals surface area contributed by atoms with Crippen molar-refractivity contribution in [2.75, 3.05) is 58.4 Å². The number of aliphatic imine (C=N–C) groups is 1. The number of piperidine rings is 1. The fourth-order valence-electron chi connectivity index (χ4n) is 6.98. The van der Waals surface area contributed by atoms with Crippen molar-refractivity contribution in [1.82, 2.24) is 14.5 Å². The molecule has 6 rings (SSSR count). The molecule has 0 spiro atoms. The summed E-state index contributed by atoms with van der Waals surface area (Å²) in [6, 6.07) is 5.46. The summed E-state index contributed by atoms with van der Waals surface area (Å²) in [5.41, 5.74) is 8.28. The Kier molecular flexibility index (Phi) is 7.93. The molecule has 3 fully saturated rings.